The van der Waals surface area contributed by atoms with Crippen LogP contribution in [0.3, 0.4) is 0 Å². The number of benzene rings is 2. The smallest absolute Gasteiger partial charge is 0.268 e. The van der Waals surface area contributed by atoms with Crippen LogP contribution >= 0.6 is 11.6 Å². The molecule has 0 aliphatic heterocycles. The molecule has 0 aliphatic rings. The van der Waals surface area contributed by atoms with Gasteiger partial charge in [-0.3, -0.25) is 10.2 Å². The van der Waals surface area contributed by atoms with Crippen molar-refractivity contribution >= 4 is 17.5 Å². The van der Waals surface area contributed by atoms with E-state index in [2.05, 4.69) is 0 Å². The predicted octanol–water partition coefficient (Wildman–Crippen LogP) is 2.24. The third-order valence-corrected chi connectivity index (χ3v) is 2.98. The molecule has 2 aromatic rings. The number of nitrogen functional groups attached to an aromatic ring is 1. The molecule has 0 saturated heterocycles. The summed E-state index contributed by atoms with van der Waals surface area (Å²) in [6.07, 6.45) is 0.484. The molecule has 4 nitrogen and oxygen atoms in total. The largest absolute Gasteiger partial charge is 0.507 e. The first-order chi connectivity index (χ1) is 9.11. The molecule has 4 N–H and O–H groups in total. The second-order valence-electron chi connectivity index (χ2n) is 4.10. The number of aromatic hydroxyl groups is 1. The van der Waals surface area contributed by atoms with E-state index >= 15 is 0 Å². The van der Waals surface area contributed by atoms with Gasteiger partial charge in [-0.25, -0.2) is 5.84 Å². The van der Waals surface area contributed by atoms with Crippen molar-refractivity contribution in [2.45, 2.75) is 6.42 Å². The molecule has 0 saturated carbocycles. The van der Waals surface area contributed by atoms with E-state index in [1.165, 1.54) is 6.07 Å². The quantitative estimate of drug-likeness (QED) is 0.457. The number of phenolic OH excluding ortho intramolecular Hbond substituents is 1. The summed E-state index contributed by atoms with van der Waals surface area (Å²) in [5, 5.41) is 10.5. The number of hydrogen-bond acceptors (Lipinski definition) is 3. The van der Waals surface area contributed by atoms with Gasteiger partial charge in [0.1, 0.15) is 5.75 Å². The first kappa shape index (κ1) is 13.4. The lowest BCUT2D eigenvalue weighted by atomic mass is 10.0. The van der Waals surface area contributed by atoms with Crippen molar-refractivity contribution in [1.82, 2.24) is 5.43 Å². The van der Waals surface area contributed by atoms with E-state index in [0.29, 0.717) is 17.0 Å². The fourth-order valence-corrected chi connectivity index (χ4v) is 2.10. The van der Waals surface area contributed by atoms with E-state index in [4.69, 9.17) is 17.4 Å². The normalized spacial score (nSPS) is 10.2. The van der Waals surface area contributed by atoms with E-state index < -0.39 is 5.91 Å². The number of nitrogens with two attached hydrogens (primary N) is 1. The summed E-state index contributed by atoms with van der Waals surface area (Å²) in [5.41, 5.74) is 3.65. The maximum Gasteiger partial charge on any atom is 0.268 e. The maximum absolute atomic E-state index is 11.5. The molecule has 19 heavy (non-hydrogen) atoms. The van der Waals surface area contributed by atoms with Gasteiger partial charge in [-0.05, 0) is 17.7 Å². The van der Waals surface area contributed by atoms with Gasteiger partial charge in [-0.1, -0.05) is 41.9 Å². The van der Waals surface area contributed by atoms with Gasteiger partial charge in [0.15, 0.2) is 0 Å². The molecule has 5 heteroatoms. The lowest BCUT2D eigenvalue weighted by molar-refractivity contribution is 0.0951. The average Bonchev–Trinajstić information content (AvgIpc) is 2.42. The Bertz CT molecular complexity index is 600. The van der Waals surface area contributed by atoms with Crippen LogP contribution in [0.1, 0.15) is 21.5 Å². The molecule has 0 atom stereocenters. The average molecular weight is 277 g/mol. The molecule has 2 rings (SSSR count). The summed E-state index contributed by atoms with van der Waals surface area (Å²) in [7, 11) is 0. The predicted molar refractivity (Wildman–Crippen MR) is 74.0 cm³/mol. The number of phenols is 1. The summed E-state index contributed by atoms with van der Waals surface area (Å²) in [5.74, 6) is 4.40. The number of hydrogen-bond donors (Lipinski definition) is 3. The van der Waals surface area contributed by atoms with Gasteiger partial charge < -0.3 is 5.11 Å². The molecule has 0 fully saturated rings. The molecule has 0 radical (unpaired) electrons. The standard InChI is InChI=1S/C14H13ClN2O2/c15-11-7-10(6-9-4-2-1-3-5-9)13(18)12(8-11)14(19)17-16/h1-5,7-8,18H,6,16H2,(H,17,19). The Morgan fingerprint density at radius 1 is 1.26 bits per heavy atom. The highest BCUT2D eigenvalue weighted by molar-refractivity contribution is 6.31. The number of carbonyl (C=O) groups excluding carboxylic acids is 1. The second-order valence-corrected chi connectivity index (χ2v) is 4.53. The van der Waals surface area contributed by atoms with Crippen LogP contribution in [0.4, 0.5) is 0 Å². The van der Waals surface area contributed by atoms with Gasteiger partial charge in [0, 0.05) is 17.0 Å². The van der Waals surface area contributed by atoms with Crippen LogP contribution in [-0.2, 0) is 6.42 Å². The molecule has 0 aromatic heterocycles. The summed E-state index contributed by atoms with van der Waals surface area (Å²) < 4.78 is 0. The topological polar surface area (TPSA) is 75.3 Å². The summed E-state index contributed by atoms with van der Waals surface area (Å²) >= 11 is 5.96. The Hall–Kier alpha value is -2.04. The highest BCUT2D eigenvalue weighted by Gasteiger charge is 2.15. The molecular formula is C14H13ClN2O2. The van der Waals surface area contributed by atoms with Crippen LogP contribution < -0.4 is 11.3 Å². The van der Waals surface area contributed by atoms with Crippen molar-refractivity contribution in [3.63, 3.8) is 0 Å². The summed E-state index contributed by atoms with van der Waals surface area (Å²) in [6, 6.07) is 12.6. The Labute approximate surface area is 115 Å². The Kier molecular flexibility index (Phi) is 4.04. The molecule has 0 spiro atoms. The first-order valence-corrected chi connectivity index (χ1v) is 6.06. The zero-order valence-corrected chi connectivity index (χ0v) is 10.8. The van der Waals surface area contributed by atoms with Crippen molar-refractivity contribution in [3.8, 4) is 5.75 Å². The molecule has 98 valence electrons. The third-order valence-electron chi connectivity index (χ3n) is 2.77. The van der Waals surface area contributed by atoms with E-state index in [0.717, 1.165) is 5.56 Å². The Morgan fingerprint density at radius 2 is 1.95 bits per heavy atom. The van der Waals surface area contributed by atoms with Crippen LogP contribution in [0.5, 0.6) is 5.75 Å². The molecular weight excluding hydrogens is 264 g/mol. The van der Waals surface area contributed by atoms with Gasteiger partial charge in [-0.15, -0.1) is 0 Å². The molecule has 0 heterocycles. The van der Waals surface area contributed by atoms with Crippen molar-refractivity contribution in [2.24, 2.45) is 5.84 Å². The molecule has 2 aromatic carbocycles. The number of hydrazine groups is 1. The Balaban J connectivity index is 2.41. The van der Waals surface area contributed by atoms with Gasteiger partial charge in [-0.2, -0.15) is 0 Å². The van der Waals surface area contributed by atoms with Gasteiger partial charge >= 0.3 is 0 Å². The minimum atomic E-state index is -0.575. The highest BCUT2D eigenvalue weighted by atomic mass is 35.5. The SMILES string of the molecule is NNC(=O)c1cc(Cl)cc(Cc2ccccc2)c1O. The number of amides is 1. The Morgan fingerprint density at radius 3 is 2.58 bits per heavy atom. The number of nitrogens with one attached hydrogen (secondary N) is 1. The lowest BCUT2D eigenvalue weighted by Gasteiger charge is -2.10. The lowest BCUT2D eigenvalue weighted by Crippen LogP contribution is -2.30. The summed E-state index contributed by atoms with van der Waals surface area (Å²) in [6.45, 7) is 0. The highest BCUT2D eigenvalue weighted by Crippen LogP contribution is 2.29. The molecule has 0 bridgehead atoms. The van der Waals surface area contributed by atoms with Crippen molar-refractivity contribution in [2.75, 3.05) is 0 Å². The first-order valence-electron chi connectivity index (χ1n) is 5.68. The van der Waals surface area contributed by atoms with E-state index in [-0.39, 0.29) is 11.3 Å². The monoisotopic (exact) mass is 276 g/mol. The van der Waals surface area contributed by atoms with Crippen LogP contribution in [0, 0.1) is 0 Å². The van der Waals surface area contributed by atoms with Crippen LogP contribution in [-0.4, -0.2) is 11.0 Å². The fourth-order valence-electron chi connectivity index (χ4n) is 1.86. The van der Waals surface area contributed by atoms with Crippen LogP contribution in [0.25, 0.3) is 0 Å². The third kappa shape index (κ3) is 3.05. The number of carbonyl (C=O) groups is 1. The minimum Gasteiger partial charge on any atom is -0.507 e. The molecule has 1 amide bonds. The van der Waals surface area contributed by atoms with Crippen LogP contribution in [0.2, 0.25) is 5.02 Å². The second kappa shape index (κ2) is 5.73. The number of halogens is 1. The zero-order valence-electron chi connectivity index (χ0n) is 10.1. The van der Waals surface area contributed by atoms with Crippen LogP contribution in [0.15, 0.2) is 42.5 Å². The van der Waals surface area contributed by atoms with Gasteiger partial charge in [0.2, 0.25) is 0 Å². The fraction of sp³-hybridized carbons (Fsp3) is 0.0714. The van der Waals surface area contributed by atoms with Crippen molar-refractivity contribution < 1.29 is 9.90 Å². The van der Waals surface area contributed by atoms with Crippen molar-refractivity contribution in [3.05, 3.63) is 64.2 Å². The van der Waals surface area contributed by atoms with E-state index in [1.807, 2.05) is 35.8 Å². The maximum atomic E-state index is 11.5. The van der Waals surface area contributed by atoms with E-state index in [1.54, 1.807) is 6.07 Å². The zero-order chi connectivity index (χ0) is 13.8. The number of rotatable bonds is 3. The summed E-state index contributed by atoms with van der Waals surface area (Å²) in [4.78, 5) is 11.5. The van der Waals surface area contributed by atoms with Crippen molar-refractivity contribution in [1.29, 1.82) is 0 Å². The van der Waals surface area contributed by atoms with Gasteiger partial charge in [0.25, 0.3) is 5.91 Å². The minimum absolute atomic E-state index is 0.0703. The molecule has 0 aliphatic carbocycles. The molecule has 0 unspecified atom stereocenters. The van der Waals surface area contributed by atoms with Gasteiger partial charge in [0.05, 0.1) is 5.56 Å². The van der Waals surface area contributed by atoms with E-state index in [9.17, 15) is 9.90 Å².